The first-order chi connectivity index (χ1) is 10.3. The minimum atomic E-state index is -4.74. The number of anilines is 1. The summed E-state index contributed by atoms with van der Waals surface area (Å²) < 4.78 is 44.8. The second kappa shape index (κ2) is 4.09. The van der Waals surface area contributed by atoms with Gasteiger partial charge in [-0.05, 0) is 19.8 Å². The zero-order valence-corrected chi connectivity index (χ0v) is 11.5. The first-order valence-corrected chi connectivity index (χ1v) is 6.96. The van der Waals surface area contributed by atoms with Gasteiger partial charge in [-0.2, -0.15) is 18.3 Å². The summed E-state index contributed by atoms with van der Waals surface area (Å²) in [5, 5.41) is 5.44. The number of rotatable bonds is 1. The van der Waals surface area contributed by atoms with Gasteiger partial charge in [0.25, 0.3) is 0 Å². The van der Waals surface area contributed by atoms with Crippen molar-refractivity contribution in [2.24, 2.45) is 11.8 Å². The number of H-pyrrole nitrogens is 1. The maximum atomic E-state index is 13.1. The van der Waals surface area contributed by atoms with Gasteiger partial charge in [-0.25, -0.2) is 4.90 Å². The van der Waals surface area contributed by atoms with Gasteiger partial charge in [-0.1, -0.05) is 0 Å². The van der Waals surface area contributed by atoms with Crippen molar-refractivity contribution in [2.45, 2.75) is 38.1 Å². The molecule has 2 amide bonds. The smallest absolute Gasteiger partial charge is 0.373 e. The molecule has 0 unspecified atom stereocenters. The molecule has 22 heavy (non-hydrogen) atoms. The number of carbonyl (C=O) groups is 2. The molecule has 118 valence electrons. The zero-order valence-electron chi connectivity index (χ0n) is 11.5. The quantitative estimate of drug-likeness (QED) is 0.795. The molecule has 1 N–H and O–H groups in total. The summed E-state index contributed by atoms with van der Waals surface area (Å²) in [6, 6.07) is 0. The molecule has 4 heterocycles. The van der Waals surface area contributed by atoms with Crippen LogP contribution in [0.2, 0.25) is 0 Å². The van der Waals surface area contributed by atoms with Crippen molar-refractivity contribution >= 4 is 17.5 Å². The van der Waals surface area contributed by atoms with Crippen LogP contribution in [0.25, 0.3) is 0 Å². The summed E-state index contributed by atoms with van der Waals surface area (Å²) in [5.41, 5.74) is -1.67. The molecule has 0 aliphatic carbocycles. The van der Waals surface area contributed by atoms with Gasteiger partial charge in [0.2, 0.25) is 11.8 Å². The van der Waals surface area contributed by atoms with Crippen LogP contribution in [0, 0.1) is 18.8 Å². The van der Waals surface area contributed by atoms with Crippen LogP contribution in [0.5, 0.6) is 0 Å². The van der Waals surface area contributed by atoms with Gasteiger partial charge in [0.15, 0.2) is 5.69 Å². The first kappa shape index (κ1) is 13.7. The third kappa shape index (κ3) is 1.57. The topological polar surface area (TPSA) is 75.3 Å². The lowest BCUT2D eigenvalue weighted by atomic mass is 9.81. The number of halogens is 3. The lowest BCUT2D eigenvalue weighted by Gasteiger charge is -2.19. The van der Waals surface area contributed by atoms with Crippen LogP contribution in [-0.2, 0) is 20.5 Å². The number of nitrogens with zero attached hydrogens (tertiary/aromatic N) is 2. The van der Waals surface area contributed by atoms with E-state index >= 15 is 0 Å². The van der Waals surface area contributed by atoms with E-state index in [1.165, 1.54) is 6.92 Å². The number of alkyl halides is 3. The number of hydrogen-bond donors (Lipinski definition) is 1. The number of nitrogens with one attached hydrogen (secondary N) is 1. The molecule has 2 bridgehead atoms. The van der Waals surface area contributed by atoms with Crippen molar-refractivity contribution in [3.05, 3.63) is 11.4 Å². The van der Waals surface area contributed by atoms with E-state index in [1.54, 1.807) is 0 Å². The molecule has 1 aromatic heterocycles. The summed E-state index contributed by atoms with van der Waals surface area (Å²) in [7, 11) is 0. The standard InChI is InChI=1S/C13H12F3N3O3/c1-4-9(10(18-17-4)13(14,15)16)19-11(20)7-5-2-3-6(22-5)8(7)12(19)21/h5-8H,2-3H2,1H3,(H,17,18)/t5-,6-,7-,8-/m0/s1. The van der Waals surface area contributed by atoms with Crippen LogP contribution in [0.15, 0.2) is 0 Å². The number of aromatic nitrogens is 2. The SMILES string of the molecule is Cc1[nH]nc(C(F)(F)F)c1N1C(=O)[C@@H]2[C@@H](C1=O)[C@@H]1CC[C@@H]2O1. The van der Waals surface area contributed by atoms with Crippen molar-refractivity contribution in [1.82, 2.24) is 10.2 Å². The fourth-order valence-electron chi connectivity index (χ4n) is 3.83. The van der Waals surface area contributed by atoms with Crippen LogP contribution in [0.4, 0.5) is 18.9 Å². The number of hydrogen-bond acceptors (Lipinski definition) is 4. The van der Waals surface area contributed by atoms with Crippen molar-refractivity contribution in [3.63, 3.8) is 0 Å². The molecule has 1 aromatic rings. The van der Waals surface area contributed by atoms with E-state index in [0.717, 1.165) is 0 Å². The molecule has 0 aromatic carbocycles. The second-order valence-corrected chi connectivity index (χ2v) is 5.90. The molecule has 3 aliphatic heterocycles. The molecule has 4 rings (SSSR count). The molecule has 3 saturated heterocycles. The fourth-order valence-corrected chi connectivity index (χ4v) is 3.83. The monoisotopic (exact) mass is 315 g/mol. The highest BCUT2D eigenvalue weighted by molar-refractivity contribution is 6.23. The van der Waals surface area contributed by atoms with Gasteiger partial charge in [0.05, 0.1) is 29.7 Å². The lowest BCUT2D eigenvalue weighted by Crippen LogP contribution is -2.35. The Labute approximate surface area is 122 Å². The molecular formula is C13H12F3N3O3. The van der Waals surface area contributed by atoms with Gasteiger partial charge in [-0.15, -0.1) is 0 Å². The van der Waals surface area contributed by atoms with Gasteiger partial charge in [-0.3, -0.25) is 14.7 Å². The summed E-state index contributed by atoms with van der Waals surface area (Å²) in [5.74, 6) is -2.56. The Kier molecular flexibility index (Phi) is 2.56. The van der Waals surface area contributed by atoms with Gasteiger partial charge < -0.3 is 4.74 Å². The molecule has 0 saturated carbocycles. The number of carbonyl (C=O) groups excluding carboxylic acids is 2. The predicted molar refractivity (Wildman–Crippen MR) is 65.7 cm³/mol. The highest BCUT2D eigenvalue weighted by Crippen LogP contribution is 2.50. The van der Waals surface area contributed by atoms with Crippen molar-refractivity contribution in [1.29, 1.82) is 0 Å². The lowest BCUT2D eigenvalue weighted by molar-refractivity contribution is -0.140. The predicted octanol–water partition coefficient (Wildman–Crippen LogP) is 1.40. The van der Waals surface area contributed by atoms with Crippen molar-refractivity contribution < 1.29 is 27.5 Å². The minimum absolute atomic E-state index is 0.0438. The third-order valence-electron chi connectivity index (χ3n) is 4.69. The minimum Gasteiger partial charge on any atom is -0.373 e. The Morgan fingerprint density at radius 3 is 2.23 bits per heavy atom. The van der Waals surface area contributed by atoms with E-state index in [4.69, 9.17) is 4.74 Å². The highest BCUT2D eigenvalue weighted by atomic mass is 19.4. The van der Waals surface area contributed by atoms with Crippen LogP contribution in [0.3, 0.4) is 0 Å². The van der Waals surface area contributed by atoms with Crippen LogP contribution < -0.4 is 4.90 Å². The second-order valence-electron chi connectivity index (χ2n) is 5.90. The number of amides is 2. The summed E-state index contributed by atoms with van der Waals surface area (Å²) in [6.45, 7) is 1.36. The van der Waals surface area contributed by atoms with Gasteiger partial charge >= 0.3 is 6.18 Å². The highest BCUT2D eigenvalue weighted by Gasteiger charge is 2.63. The largest absolute Gasteiger partial charge is 0.437 e. The van der Waals surface area contributed by atoms with Crippen molar-refractivity contribution in [2.75, 3.05) is 4.90 Å². The number of ether oxygens (including phenoxy) is 1. The maximum Gasteiger partial charge on any atom is 0.437 e. The van der Waals surface area contributed by atoms with E-state index in [0.29, 0.717) is 17.7 Å². The summed E-state index contributed by atoms with van der Waals surface area (Å²) in [4.78, 5) is 25.7. The molecular weight excluding hydrogens is 303 g/mol. The molecule has 3 aliphatic rings. The van der Waals surface area contributed by atoms with E-state index in [1.807, 2.05) is 0 Å². The molecule has 3 fully saturated rings. The van der Waals surface area contributed by atoms with E-state index in [2.05, 4.69) is 10.2 Å². The van der Waals surface area contributed by atoms with E-state index in [-0.39, 0.29) is 17.9 Å². The van der Waals surface area contributed by atoms with E-state index in [9.17, 15) is 22.8 Å². The molecule has 4 atom stereocenters. The number of imide groups is 1. The van der Waals surface area contributed by atoms with Crippen molar-refractivity contribution in [3.8, 4) is 0 Å². The fraction of sp³-hybridized carbons (Fsp3) is 0.615. The Bertz CT molecular complexity index is 656. The van der Waals surface area contributed by atoms with Crippen LogP contribution >= 0.6 is 0 Å². The average Bonchev–Trinajstić information content (AvgIpc) is 3.14. The molecule has 0 radical (unpaired) electrons. The first-order valence-electron chi connectivity index (χ1n) is 6.96. The zero-order chi connectivity index (χ0) is 15.8. The number of fused-ring (bicyclic) bond motifs is 5. The molecule has 0 spiro atoms. The third-order valence-corrected chi connectivity index (χ3v) is 4.69. The Morgan fingerprint density at radius 2 is 1.73 bits per heavy atom. The molecule has 6 nitrogen and oxygen atoms in total. The normalized spacial score (nSPS) is 33.9. The Hall–Kier alpha value is -1.90. The molecule has 9 heteroatoms. The number of aryl methyl sites for hydroxylation is 1. The van der Waals surface area contributed by atoms with Crippen LogP contribution in [-0.4, -0.2) is 34.2 Å². The van der Waals surface area contributed by atoms with E-state index < -0.39 is 41.2 Å². The summed E-state index contributed by atoms with van der Waals surface area (Å²) in [6.07, 6.45) is -4.14. The number of aromatic amines is 1. The van der Waals surface area contributed by atoms with Gasteiger partial charge in [0, 0.05) is 0 Å². The maximum absolute atomic E-state index is 13.1. The average molecular weight is 315 g/mol. The van der Waals surface area contributed by atoms with Gasteiger partial charge in [0.1, 0.15) is 5.69 Å². The summed E-state index contributed by atoms with van der Waals surface area (Å²) >= 11 is 0. The van der Waals surface area contributed by atoms with Crippen LogP contribution in [0.1, 0.15) is 24.2 Å². The Morgan fingerprint density at radius 1 is 1.18 bits per heavy atom. The Balaban J connectivity index is 1.80.